The first-order valence-corrected chi connectivity index (χ1v) is 7.99. The van der Waals surface area contributed by atoms with Crippen LogP contribution in [0.2, 0.25) is 0 Å². The van der Waals surface area contributed by atoms with Gasteiger partial charge in [0.05, 0.1) is 4.70 Å². The zero-order valence-electron chi connectivity index (χ0n) is 12.0. The van der Waals surface area contributed by atoms with Gasteiger partial charge in [-0.15, -0.1) is 0 Å². The van der Waals surface area contributed by atoms with Crippen LogP contribution < -0.4 is 5.32 Å². The highest BCUT2D eigenvalue weighted by molar-refractivity contribution is 7.13. The van der Waals surface area contributed by atoms with Gasteiger partial charge in [0.15, 0.2) is 0 Å². The molecule has 0 bridgehead atoms. The van der Waals surface area contributed by atoms with Crippen molar-refractivity contribution in [3.63, 3.8) is 0 Å². The van der Waals surface area contributed by atoms with Crippen LogP contribution in [0.5, 0.6) is 0 Å². The van der Waals surface area contributed by atoms with Crippen molar-refractivity contribution in [2.75, 3.05) is 5.32 Å². The lowest BCUT2D eigenvalue weighted by Crippen LogP contribution is -2.15. The highest BCUT2D eigenvalue weighted by Crippen LogP contribution is 2.39. The Kier molecular flexibility index (Phi) is 3.11. The average molecular weight is 310 g/mol. The summed E-state index contributed by atoms with van der Waals surface area (Å²) in [6.07, 6.45) is 2.33. The number of fused-ring (bicyclic) bond motifs is 1. The van der Waals surface area contributed by atoms with Gasteiger partial charge in [-0.2, -0.15) is 4.37 Å². The molecule has 5 nitrogen and oxygen atoms in total. The second-order valence-corrected chi connectivity index (χ2v) is 6.32. The highest BCUT2D eigenvalue weighted by Gasteiger charge is 2.26. The molecule has 110 valence electrons. The van der Waals surface area contributed by atoms with Crippen LogP contribution in [-0.4, -0.2) is 20.2 Å². The van der Waals surface area contributed by atoms with E-state index in [9.17, 15) is 4.79 Å². The van der Waals surface area contributed by atoms with Gasteiger partial charge < -0.3 is 0 Å². The number of nitrogens with zero attached hydrogens (tertiary/aromatic N) is 3. The van der Waals surface area contributed by atoms with Crippen molar-refractivity contribution in [1.29, 1.82) is 0 Å². The van der Waals surface area contributed by atoms with Crippen LogP contribution in [-0.2, 0) is 0 Å². The number of aromatic nitrogens is 3. The smallest absolute Gasteiger partial charge is 0.278 e. The molecule has 3 aromatic rings. The molecule has 1 aromatic carbocycles. The molecule has 0 radical (unpaired) electrons. The van der Waals surface area contributed by atoms with Gasteiger partial charge >= 0.3 is 0 Å². The van der Waals surface area contributed by atoms with Gasteiger partial charge in [0, 0.05) is 22.7 Å². The molecular weight excluding hydrogens is 296 g/mol. The number of rotatable bonds is 3. The third-order valence-electron chi connectivity index (χ3n) is 3.69. The summed E-state index contributed by atoms with van der Waals surface area (Å²) in [6.45, 7) is 1.92. The number of carbonyl (C=O) groups excluding carboxylic acids is 1. The second kappa shape index (κ2) is 5.14. The normalized spacial score (nSPS) is 14.2. The molecule has 4 rings (SSSR count). The number of hydrogen-bond acceptors (Lipinski definition) is 5. The Balaban J connectivity index is 1.64. The Bertz CT molecular complexity index is 869. The fraction of sp³-hybridized carbons (Fsp3) is 0.250. The fourth-order valence-electron chi connectivity index (χ4n) is 2.45. The van der Waals surface area contributed by atoms with E-state index < -0.39 is 0 Å². The molecule has 2 aromatic heterocycles. The van der Waals surface area contributed by atoms with Gasteiger partial charge in [0.2, 0.25) is 5.95 Å². The molecule has 2 heterocycles. The first kappa shape index (κ1) is 13.3. The fourth-order valence-corrected chi connectivity index (χ4v) is 3.22. The summed E-state index contributed by atoms with van der Waals surface area (Å²) < 4.78 is 5.25. The lowest BCUT2D eigenvalue weighted by atomic mass is 10.2. The molecule has 1 saturated carbocycles. The van der Waals surface area contributed by atoms with Gasteiger partial charge in [0.1, 0.15) is 5.69 Å². The van der Waals surface area contributed by atoms with E-state index in [1.807, 2.05) is 37.3 Å². The summed E-state index contributed by atoms with van der Waals surface area (Å²) in [7, 11) is 0. The van der Waals surface area contributed by atoms with Gasteiger partial charge in [0.25, 0.3) is 5.91 Å². The van der Waals surface area contributed by atoms with Crippen molar-refractivity contribution in [3.05, 3.63) is 47.4 Å². The molecule has 0 aliphatic heterocycles. The van der Waals surface area contributed by atoms with Crippen molar-refractivity contribution >= 4 is 33.5 Å². The van der Waals surface area contributed by atoms with Crippen molar-refractivity contribution < 1.29 is 4.79 Å². The standard InChI is InChI=1S/C16H14N4OS/c1-9-8-12(10-6-7-10)18-16(17-9)19-15(21)14-11-4-2-3-5-13(11)22-20-14/h2-5,8,10H,6-7H2,1H3,(H,17,18,19,21). The third kappa shape index (κ3) is 2.46. The molecule has 22 heavy (non-hydrogen) atoms. The minimum atomic E-state index is -0.259. The van der Waals surface area contributed by atoms with Crippen LogP contribution in [0.4, 0.5) is 5.95 Å². The Morgan fingerprint density at radius 3 is 2.91 bits per heavy atom. The number of anilines is 1. The van der Waals surface area contributed by atoms with E-state index in [1.165, 1.54) is 24.4 Å². The minimum absolute atomic E-state index is 0.259. The van der Waals surface area contributed by atoms with Gasteiger partial charge in [-0.25, -0.2) is 9.97 Å². The molecule has 0 atom stereocenters. The Hall–Kier alpha value is -2.34. The van der Waals surface area contributed by atoms with E-state index in [0.29, 0.717) is 17.6 Å². The summed E-state index contributed by atoms with van der Waals surface area (Å²) >= 11 is 1.32. The van der Waals surface area contributed by atoms with Crippen LogP contribution in [0.25, 0.3) is 10.1 Å². The molecule has 1 N–H and O–H groups in total. The number of benzene rings is 1. The number of hydrogen-bond donors (Lipinski definition) is 1. The molecule has 1 aliphatic carbocycles. The van der Waals surface area contributed by atoms with Crippen molar-refractivity contribution in [2.45, 2.75) is 25.7 Å². The molecule has 0 unspecified atom stereocenters. The number of aryl methyl sites for hydroxylation is 1. The summed E-state index contributed by atoms with van der Waals surface area (Å²) in [5, 5.41) is 3.64. The zero-order chi connectivity index (χ0) is 15.1. The van der Waals surface area contributed by atoms with Crippen LogP contribution in [0.3, 0.4) is 0 Å². The summed E-state index contributed by atoms with van der Waals surface area (Å²) in [5.41, 5.74) is 2.32. The molecule has 1 amide bonds. The molecule has 6 heteroatoms. The lowest BCUT2D eigenvalue weighted by Gasteiger charge is -2.06. The topological polar surface area (TPSA) is 67.8 Å². The van der Waals surface area contributed by atoms with Crippen LogP contribution in [0.1, 0.15) is 40.6 Å². The maximum atomic E-state index is 12.5. The highest BCUT2D eigenvalue weighted by atomic mass is 32.1. The molecule has 1 aliphatic rings. The first-order chi connectivity index (χ1) is 10.7. The number of carbonyl (C=O) groups is 1. The average Bonchev–Trinajstić information content (AvgIpc) is 3.26. The van der Waals surface area contributed by atoms with E-state index in [4.69, 9.17) is 0 Å². The van der Waals surface area contributed by atoms with E-state index in [2.05, 4.69) is 19.7 Å². The number of amides is 1. The summed E-state index contributed by atoms with van der Waals surface area (Å²) in [4.78, 5) is 21.2. The van der Waals surface area contributed by atoms with Crippen molar-refractivity contribution in [2.24, 2.45) is 0 Å². The largest absolute Gasteiger partial charge is 0.289 e. The summed E-state index contributed by atoms with van der Waals surface area (Å²) in [6, 6.07) is 9.69. The van der Waals surface area contributed by atoms with Crippen LogP contribution in [0.15, 0.2) is 30.3 Å². The number of nitrogens with one attached hydrogen (secondary N) is 1. The van der Waals surface area contributed by atoms with E-state index in [-0.39, 0.29) is 5.91 Å². The monoisotopic (exact) mass is 310 g/mol. The lowest BCUT2D eigenvalue weighted by molar-refractivity contribution is 0.102. The molecule has 1 fully saturated rings. The SMILES string of the molecule is Cc1cc(C2CC2)nc(NC(=O)c2nsc3ccccc23)n1. The Morgan fingerprint density at radius 1 is 1.27 bits per heavy atom. The third-order valence-corrected chi connectivity index (χ3v) is 4.51. The minimum Gasteiger partial charge on any atom is -0.289 e. The predicted octanol–water partition coefficient (Wildman–Crippen LogP) is 3.52. The predicted molar refractivity (Wildman–Crippen MR) is 86.3 cm³/mol. The summed E-state index contributed by atoms with van der Waals surface area (Å²) in [5.74, 6) is 0.631. The van der Waals surface area contributed by atoms with E-state index in [0.717, 1.165) is 21.5 Å². The molecular formula is C16H14N4OS. The molecule has 0 spiro atoms. The van der Waals surface area contributed by atoms with E-state index >= 15 is 0 Å². The zero-order valence-corrected chi connectivity index (χ0v) is 12.9. The van der Waals surface area contributed by atoms with Crippen LogP contribution in [0, 0.1) is 6.92 Å². The van der Waals surface area contributed by atoms with E-state index in [1.54, 1.807) is 0 Å². The van der Waals surface area contributed by atoms with Gasteiger partial charge in [-0.05, 0) is 43.4 Å². The first-order valence-electron chi connectivity index (χ1n) is 7.22. The van der Waals surface area contributed by atoms with Crippen LogP contribution >= 0.6 is 11.5 Å². The van der Waals surface area contributed by atoms with Gasteiger partial charge in [-0.3, -0.25) is 10.1 Å². The second-order valence-electron chi connectivity index (χ2n) is 5.51. The molecule has 0 saturated heterocycles. The van der Waals surface area contributed by atoms with Crippen molar-refractivity contribution in [1.82, 2.24) is 14.3 Å². The maximum absolute atomic E-state index is 12.5. The Labute approximate surface area is 131 Å². The maximum Gasteiger partial charge on any atom is 0.278 e. The van der Waals surface area contributed by atoms with Gasteiger partial charge in [-0.1, -0.05) is 18.2 Å². The van der Waals surface area contributed by atoms with Crippen molar-refractivity contribution in [3.8, 4) is 0 Å². The quantitative estimate of drug-likeness (QED) is 0.803. The Morgan fingerprint density at radius 2 is 2.09 bits per heavy atom.